The van der Waals surface area contributed by atoms with Crippen LogP contribution in [-0.2, 0) is 0 Å². The second-order valence-corrected chi connectivity index (χ2v) is 8.78. The molecule has 3 unspecified atom stereocenters. The van der Waals surface area contributed by atoms with Crippen molar-refractivity contribution in [2.24, 2.45) is 5.92 Å². The summed E-state index contributed by atoms with van der Waals surface area (Å²) in [6.07, 6.45) is 11.7. The Kier molecular flexibility index (Phi) is 6.00. The van der Waals surface area contributed by atoms with E-state index in [1.165, 1.54) is 5.57 Å². The third-order valence-corrected chi connectivity index (χ3v) is 6.14. The van der Waals surface area contributed by atoms with Crippen LogP contribution in [0.3, 0.4) is 0 Å². The smallest absolute Gasteiger partial charge is 0.127 e. The number of fused-ring (bicyclic) bond motifs is 3. The van der Waals surface area contributed by atoms with Crippen LogP contribution in [0.25, 0.3) is 6.08 Å². The summed E-state index contributed by atoms with van der Waals surface area (Å²) in [6, 6.07) is 3.82. The number of phenols is 1. The summed E-state index contributed by atoms with van der Waals surface area (Å²) < 4.78 is 6.35. The highest BCUT2D eigenvalue weighted by Gasteiger charge is 2.45. The largest absolute Gasteiger partial charge is 0.507 e. The number of phenolic OH excluding ortho intramolecular Hbond substituents is 1. The Morgan fingerprint density at radius 1 is 1.30 bits per heavy atom. The Bertz CT molecular complexity index is 729. The first-order valence-electron chi connectivity index (χ1n) is 10.4. The molecule has 1 aromatic carbocycles. The molecule has 1 aromatic rings. The van der Waals surface area contributed by atoms with Crippen molar-refractivity contribution in [3.8, 4) is 11.5 Å². The first-order chi connectivity index (χ1) is 12.8. The van der Waals surface area contributed by atoms with Gasteiger partial charge in [-0.15, -0.1) is 0 Å². The average molecular weight is 371 g/mol. The lowest BCUT2D eigenvalue weighted by Gasteiger charge is -2.47. The molecule has 0 amide bonds. The van der Waals surface area contributed by atoms with E-state index >= 15 is 0 Å². The molecule has 3 rings (SSSR count). The van der Waals surface area contributed by atoms with Crippen LogP contribution >= 0.6 is 0 Å². The van der Waals surface area contributed by atoms with E-state index in [2.05, 4.69) is 33.8 Å². The van der Waals surface area contributed by atoms with Gasteiger partial charge < -0.3 is 14.9 Å². The quantitative estimate of drug-likeness (QED) is 0.480. The summed E-state index contributed by atoms with van der Waals surface area (Å²) >= 11 is 0. The summed E-state index contributed by atoms with van der Waals surface area (Å²) in [5, 5.41) is 20.9. The minimum atomic E-state index is -0.442. The molecule has 1 aliphatic heterocycles. The van der Waals surface area contributed by atoms with E-state index in [1.54, 1.807) is 6.07 Å². The summed E-state index contributed by atoms with van der Waals surface area (Å²) in [5.74, 6) is 1.77. The van der Waals surface area contributed by atoms with Crippen molar-refractivity contribution >= 4 is 6.08 Å². The zero-order chi connectivity index (χ0) is 19.6. The van der Waals surface area contributed by atoms with E-state index in [-0.39, 0.29) is 5.60 Å². The van der Waals surface area contributed by atoms with Gasteiger partial charge in [-0.05, 0) is 57.7 Å². The van der Waals surface area contributed by atoms with Crippen LogP contribution in [0.4, 0.5) is 0 Å². The number of unbranched alkanes of at least 4 members (excludes halogenated alkanes) is 2. The molecule has 0 spiro atoms. The molecule has 2 N–H and O–H groups in total. The van der Waals surface area contributed by atoms with Crippen LogP contribution in [-0.4, -0.2) is 21.9 Å². The van der Waals surface area contributed by atoms with Gasteiger partial charge in [0.2, 0.25) is 0 Å². The monoisotopic (exact) mass is 370 g/mol. The molecule has 3 heteroatoms. The number of aliphatic hydroxyl groups excluding tert-OH is 1. The molecule has 3 atom stereocenters. The molecule has 27 heavy (non-hydrogen) atoms. The number of aliphatic hydroxyl groups is 1. The van der Waals surface area contributed by atoms with Gasteiger partial charge >= 0.3 is 0 Å². The van der Waals surface area contributed by atoms with Crippen LogP contribution in [0, 0.1) is 5.92 Å². The van der Waals surface area contributed by atoms with Crippen molar-refractivity contribution in [3.05, 3.63) is 41.0 Å². The lowest BCUT2D eigenvalue weighted by Crippen LogP contribution is -2.45. The van der Waals surface area contributed by atoms with Crippen LogP contribution in [0.2, 0.25) is 0 Å². The molecule has 0 radical (unpaired) electrons. The number of hydrogen-bond acceptors (Lipinski definition) is 3. The van der Waals surface area contributed by atoms with Crippen LogP contribution in [0.5, 0.6) is 11.5 Å². The molecule has 0 saturated heterocycles. The number of rotatable bonds is 6. The van der Waals surface area contributed by atoms with E-state index < -0.39 is 6.10 Å². The number of benzene rings is 1. The minimum absolute atomic E-state index is 0.261. The highest BCUT2D eigenvalue weighted by Crippen LogP contribution is 2.54. The highest BCUT2D eigenvalue weighted by molar-refractivity contribution is 5.61. The van der Waals surface area contributed by atoms with E-state index in [0.29, 0.717) is 17.6 Å². The molecule has 0 saturated carbocycles. The van der Waals surface area contributed by atoms with Crippen LogP contribution < -0.4 is 4.74 Å². The van der Waals surface area contributed by atoms with Gasteiger partial charge in [-0.1, -0.05) is 50.0 Å². The SMILES string of the molecule is CCCCCC(O)/C=C/c1cc(O)c2c(c1)OC(C)(C)C1CC=C(C)CC21. The van der Waals surface area contributed by atoms with E-state index in [0.717, 1.165) is 55.4 Å². The number of ether oxygens (including phenoxy) is 1. The topological polar surface area (TPSA) is 49.7 Å². The summed E-state index contributed by atoms with van der Waals surface area (Å²) in [4.78, 5) is 0. The Hall–Kier alpha value is -1.74. The minimum Gasteiger partial charge on any atom is -0.507 e. The molecule has 2 aliphatic rings. The second kappa shape index (κ2) is 8.10. The molecular formula is C24H34O3. The summed E-state index contributed by atoms with van der Waals surface area (Å²) in [7, 11) is 0. The maximum absolute atomic E-state index is 10.8. The predicted octanol–water partition coefficient (Wildman–Crippen LogP) is 5.96. The van der Waals surface area contributed by atoms with Crippen molar-refractivity contribution < 1.29 is 14.9 Å². The Morgan fingerprint density at radius 3 is 2.81 bits per heavy atom. The molecule has 3 nitrogen and oxygen atoms in total. The van der Waals surface area contributed by atoms with Crippen molar-refractivity contribution in [1.29, 1.82) is 0 Å². The maximum atomic E-state index is 10.8. The van der Waals surface area contributed by atoms with Gasteiger partial charge in [0.1, 0.15) is 17.1 Å². The zero-order valence-electron chi connectivity index (χ0n) is 17.2. The van der Waals surface area contributed by atoms with Gasteiger partial charge in [-0.2, -0.15) is 0 Å². The number of hydrogen-bond donors (Lipinski definition) is 2. The van der Waals surface area contributed by atoms with Gasteiger partial charge in [0, 0.05) is 17.4 Å². The first-order valence-corrected chi connectivity index (χ1v) is 10.4. The van der Waals surface area contributed by atoms with Crippen LogP contribution in [0.1, 0.15) is 83.3 Å². The first kappa shape index (κ1) is 20.0. The molecule has 148 valence electrons. The number of allylic oxidation sites excluding steroid dienone is 2. The Morgan fingerprint density at radius 2 is 2.07 bits per heavy atom. The van der Waals surface area contributed by atoms with Crippen LogP contribution in [0.15, 0.2) is 29.9 Å². The van der Waals surface area contributed by atoms with Crippen molar-refractivity contribution in [1.82, 2.24) is 0 Å². The van der Waals surface area contributed by atoms with E-state index in [9.17, 15) is 10.2 Å². The molecular weight excluding hydrogens is 336 g/mol. The molecule has 0 aromatic heterocycles. The van der Waals surface area contributed by atoms with Crippen molar-refractivity contribution in [2.75, 3.05) is 0 Å². The fourth-order valence-electron chi connectivity index (χ4n) is 4.60. The molecule has 1 heterocycles. The zero-order valence-corrected chi connectivity index (χ0v) is 17.2. The van der Waals surface area contributed by atoms with Gasteiger partial charge in [-0.25, -0.2) is 0 Å². The van der Waals surface area contributed by atoms with E-state index in [4.69, 9.17) is 4.74 Å². The Balaban J connectivity index is 1.85. The van der Waals surface area contributed by atoms with E-state index in [1.807, 2.05) is 18.2 Å². The third-order valence-electron chi connectivity index (χ3n) is 6.14. The predicted molar refractivity (Wildman–Crippen MR) is 111 cm³/mol. The maximum Gasteiger partial charge on any atom is 0.127 e. The highest BCUT2D eigenvalue weighted by atomic mass is 16.5. The average Bonchev–Trinajstić information content (AvgIpc) is 2.59. The summed E-state index contributed by atoms with van der Waals surface area (Å²) in [6.45, 7) is 8.64. The third kappa shape index (κ3) is 4.40. The summed E-state index contributed by atoms with van der Waals surface area (Å²) in [5.41, 5.74) is 2.95. The molecule has 0 bridgehead atoms. The van der Waals surface area contributed by atoms with Gasteiger partial charge in [0.05, 0.1) is 6.10 Å². The lowest BCUT2D eigenvalue weighted by atomic mass is 9.67. The van der Waals surface area contributed by atoms with Crippen molar-refractivity contribution in [3.63, 3.8) is 0 Å². The Labute approximate surface area is 163 Å². The second-order valence-electron chi connectivity index (χ2n) is 8.78. The van der Waals surface area contributed by atoms with Gasteiger partial charge in [0.15, 0.2) is 0 Å². The standard InChI is InChI=1S/C24H34O3/c1-5-6-7-8-18(25)11-10-17-14-21(26)23-19-13-16(2)9-12-20(19)24(3,4)27-22(23)15-17/h9-11,14-15,18-20,25-26H,5-8,12-13H2,1-4H3/b11-10+. The van der Waals surface area contributed by atoms with Gasteiger partial charge in [0.25, 0.3) is 0 Å². The molecule has 1 aliphatic carbocycles. The molecule has 0 fully saturated rings. The lowest BCUT2D eigenvalue weighted by molar-refractivity contribution is 0.00760. The fraction of sp³-hybridized carbons (Fsp3) is 0.583. The normalized spacial score (nSPS) is 24.7. The van der Waals surface area contributed by atoms with Crippen molar-refractivity contribution in [2.45, 2.75) is 83.8 Å². The van der Waals surface area contributed by atoms with Gasteiger partial charge in [-0.3, -0.25) is 0 Å². The fourth-order valence-corrected chi connectivity index (χ4v) is 4.60. The number of aromatic hydroxyl groups is 1.